The first-order chi connectivity index (χ1) is 10.7. The standard InChI is InChI=1S/C15H18N4O2S/c1-9-7-12(21-17-9)14-13(16-18-22-14)11-3-2-6-19(8-11)15(20)10-4-5-10/h7,10-11H,2-6,8H2,1H3/t11-/m1/s1. The van der Waals surface area contributed by atoms with Gasteiger partial charge in [-0.3, -0.25) is 4.79 Å². The van der Waals surface area contributed by atoms with E-state index < -0.39 is 0 Å². The van der Waals surface area contributed by atoms with Crippen molar-refractivity contribution in [1.29, 1.82) is 0 Å². The molecule has 4 rings (SSSR count). The summed E-state index contributed by atoms with van der Waals surface area (Å²) < 4.78 is 9.46. The molecule has 1 saturated carbocycles. The highest BCUT2D eigenvalue weighted by molar-refractivity contribution is 7.09. The highest BCUT2D eigenvalue weighted by Crippen LogP contribution is 2.37. The van der Waals surface area contributed by atoms with Crippen molar-refractivity contribution in [2.24, 2.45) is 5.92 Å². The number of piperidine rings is 1. The van der Waals surface area contributed by atoms with Crippen molar-refractivity contribution in [3.8, 4) is 10.6 Å². The quantitative estimate of drug-likeness (QED) is 0.870. The molecule has 6 nitrogen and oxygen atoms in total. The van der Waals surface area contributed by atoms with Crippen LogP contribution >= 0.6 is 11.5 Å². The number of aryl methyl sites for hydroxylation is 1. The van der Waals surface area contributed by atoms with Gasteiger partial charge in [-0.2, -0.15) is 0 Å². The molecule has 0 bridgehead atoms. The number of aromatic nitrogens is 3. The van der Waals surface area contributed by atoms with Crippen molar-refractivity contribution in [2.45, 2.75) is 38.5 Å². The van der Waals surface area contributed by atoms with Gasteiger partial charge in [0.15, 0.2) is 5.76 Å². The van der Waals surface area contributed by atoms with Crippen LogP contribution in [-0.4, -0.2) is 38.6 Å². The van der Waals surface area contributed by atoms with Gasteiger partial charge in [-0.1, -0.05) is 9.64 Å². The molecule has 2 aliphatic rings. The summed E-state index contributed by atoms with van der Waals surface area (Å²) in [5.41, 5.74) is 1.80. The molecule has 0 spiro atoms. The van der Waals surface area contributed by atoms with Crippen molar-refractivity contribution in [3.05, 3.63) is 17.5 Å². The number of likely N-dealkylation sites (tertiary alicyclic amines) is 1. The summed E-state index contributed by atoms with van der Waals surface area (Å²) in [5, 5.41) is 8.27. The zero-order valence-corrected chi connectivity index (χ0v) is 13.3. The van der Waals surface area contributed by atoms with Gasteiger partial charge in [0.2, 0.25) is 5.91 Å². The van der Waals surface area contributed by atoms with Gasteiger partial charge in [-0.25, -0.2) is 0 Å². The first-order valence-electron chi connectivity index (χ1n) is 7.77. The molecule has 0 unspecified atom stereocenters. The van der Waals surface area contributed by atoms with Gasteiger partial charge in [-0.15, -0.1) is 5.10 Å². The number of carbonyl (C=O) groups is 1. The molecule has 1 aliphatic heterocycles. The van der Waals surface area contributed by atoms with E-state index >= 15 is 0 Å². The molecule has 2 aromatic heterocycles. The molecule has 1 saturated heterocycles. The van der Waals surface area contributed by atoms with Gasteiger partial charge in [0.25, 0.3) is 0 Å². The highest BCUT2D eigenvalue weighted by Gasteiger charge is 2.36. The van der Waals surface area contributed by atoms with Gasteiger partial charge in [0.05, 0.1) is 11.4 Å². The number of hydrogen-bond acceptors (Lipinski definition) is 6. The molecular weight excluding hydrogens is 300 g/mol. The second-order valence-electron chi connectivity index (χ2n) is 6.22. The summed E-state index contributed by atoms with van der Waals surface area (Å²) in [6, 6.07) is 1.91. The predicted octanol–water partition coefficient (Wildman–Crippen LogP) is 2.62. The first kappa shape index (κ1) is 13.9. The van der Waals surface area contributed by atoms with E-state index in [4.69, 9.17) is 4.52 Å². The summed E-state index contributed by atoms with van der Waals surface area (Å²) in [4.78, 5) is 15.3. The van der Waals surface area contributed by atoms with E-state index in [0.717, 1.165) is 60.8 Å². The van der Waals surface area contributed by atoms with Crippen molar-refractivity contribution in [3.63, 3.8) is 0 Å². The Labute approximate surface area is 132 Å². The van der Waals surface area contributed by atoms with Crippen LogP contribution in [0.5, 0.6) is 0 Å². The number of hydrogen-bond donors (Lipinski definition) is 0. The maximum atomic E-state index is 12.3. The third-order valence-corrected chi connectivity index (χ3v) is 5.17. The van der Waals surface area contributed by atoms with E-state index in [2.05, 4.69) is 14.7 Å². The Morgan fingerprint density at radius 3 is 3.00 bits per heavy atom. The lowest BCUT2D eigenvalue weighted by Gasteiger charge is -2.32. The largest absolute Gasteiger partial charge is 0.355 e. The van der Waals surface area contributed by atoms with Crippen LogP contribution in [0, 0.1) is 12.8 Å². The summed E-state index contributed by atoms with van der Waals surface area (Å²) in [5.74, 6) is 1.58. The molecule has 0 radical (unpaired) electrons. The molecule has 1 amide bonds. The smallest absolute Gasteiger partial charge is 0.225 e. The van der Waals surface area contributed by atoms with Gasteiger partial charge in [0.1, 0.15) is 4.88 Å². The zero-order valence-electron chi connectivity index (χ0n) is 12.5. The van der Waals surface area contributed by atoms with Crippen LogP contribution in [0.4, 0.5) is 0 Å². The minimum atomic E-state index is 0.246. The third kappa shape index (κ3) is 2.54. The maximum absolute atomic E-state index is 12.3. The second-order valence-corrected chi connectivity index (χ2v) is 6.97. The normalized spacial score (nSPS) is 22.0. The van der Waals surface area contributed by atoms with Crippen LogP contribution in [0.2, 0.25) is 0 Å². The molecule has 1 atom stereocenters. The SMILES string of the molecule is Cc1cc(-c2snnc2[C@@H]2CCCN(C(=O)C3CC3)C2)on1. The van der Waals surface area contributed by atoms with Crippen molar-refractivity contribution in [1.82, 2.24) is 19.6 Å². The van der Waals surface area contributed by atoms with Crippen LogP contribution in [-0.2, 0) is 4.79 Å². The van der Waals surface area contributed by atoms with Crippen LogP contribution in [0.25, 0.3) is 10.6 Å². The predicted molar refractivity (Wildman–Crippen MR) is 81.4 cm³/mol. The summed E-state index contributed by atoms with van der Waals surface area (Å²) in [6.07, 6.45) is 4.18. The average Bonchev–Trinajstić information content (AvgIpc) is 3.11. The van der Waals surface area contributed by atoms with E-state index in [1.54, 1.807) is 0 Å². The molecule has 116 valence electrons. The average molecular weight is 318 g/mol. The molecule has 3 heterocycles. The number of amides is 1. The van der Waals surface area contributed by atoms with E-state index in [1.807, 2.05) is 17.9 Å². The van der Waals surface area contributed by atoms with Gasteiger partial charge in [0, 0.05) is 31.0 Å². The number of nitrogens with zero attached hydrogens (tertiary/aromatic N) is 4. The summed E-state index contributed by atoms with van der Waals surface area (Å²) in [6.45, 7) is 3.53. The fourth-order valence-electron chi connectivity index (χ4n) is 3.10. The molecule has 22 heavy (non-hydrogen) atoms. The minimum Gasteiger partial charge on any atom is -0.355 e. The van der Waals surface area contributed by atoms with Crippen LogP contribution in [0.15, 0.2) is 10.6 Å². The molecule has 0 aromatic carbocycles. The second kappa shape index (κ2) is 5.46. The van der Waals surface area contributed by atoms with Crippen LogP contribution < -0.4 is 0 Å². The van der Waals surface area contributed by atoms with E-state index in [0.29, 0.717) is 5.91 Å². The molecule has 2 aromatic rings. The Morgan fingerprint density at radius 2 is 2.27 bits per heavy atom. The van der Waals surface area contributed by atoms with E-state index in [9.17, 15) is 4.79 Å². The van der Waals surface area contributed by atoms with E-state index in [1.165, 1.54) is 11.5 Å². The van der Waals surface area contributed by atoms with Crippen molar-refractivity contribution < 1.29 is 9.32 Å². The highest BCUT2D eigenvalue weighted by atomic mass is 32.1. The van der Waals surface area contributed by atoms with Crippen LogP contribution in [0.1, 0.15) is 43.0 Å². The van der Waals surface area contributed by atoms with E-state index in [-0.39, 0.29) is 11.8 Å². The molecule has 7 heteroatoms. The molecule has 2 fully saturated rings. The van der Waals surface area contributed by atoms with Gasteiger partial charge < -0.3 is 9.42 Å². The monoisotopic (exact) mass is 318 g/mol. The first-order valence-corrected chi connectivity index (χ1v) is 8.54. The lowest BCUT2D eigenvalue weighted by atomic mass is 9.93. The Bertz CT molecular complexity index is 691. The Balaban J connectivity index is 1.56. The number of carbonyl (C=O) groups excluding carboxylic acids is 1. The third-order valence-electron chi connectivity index (χ3n) is 4.41. The fraction of sp³-hybridized carbons (Fsp3) is 0.600. The Kier molecular flexibility index (Phi) is 3.44. The lowest BCUT2D eigenvalue weighted by molar-refractivity contribution is -0.133. The fourth-order valence-corrected chi connectivity index (χ4v) is 3.79. The zero-order chi connectivity index (χ0) is 15.1. The van der Waals surface area contributed by atoms with Gasteiger partial charge >= 0.3 is 0 Å². The van der Waals surface area contributed by atoms with Crippen LogP contribution in [0.3, 0.4) is 0 Å². The molecule has 0 N–H and O–H groups in total. The summed E-state index contributed by atoms with van der Waals surface area (Å²) in [7, 11) is 0. The molecule has 1 aliphatic carbocycles. The minimum absolute atomic E-state index is 0.246. The van der Waals surface area contributed by atoms with Gasteiger partial charge in [-0.05, 0) is 44.1 Å². The summed E-state index contributed by atoms with van der Waals surface area (Å²) >= 11 is 1.34. The van der Waals surface area contributed by atoms with Crippen molar-refractivity contribution in [2.75, 3.05) is 13.1 Å². The number of rotatable bonds is 3. The topological polar surface area (TPSA) is 72.1 Å². The van der Waals surface area contributed by atoms with Crippen molar-refractivity contribution >= 4 is 17.4 Å². The Morgan fingerprint density at radius 1 is 1.41 bits per heavy atom. The molecular formula is C15H18N4O2S. The Hall–Kier alpha value is -1.76. The maximum Gasteiger partial charge on any atom is 0.225 e. The lowest BCUT2D eigenvalue weighted by Crippen LogP contribution is -2.40.